The summed E-state index contributed by atoms with van der Waals surface area (Å²) in [6.07, 6.45) is 0.414. The van der Waals surface area contributed by atoms with Crippen LogP contribution in [0.25, 0.3) is 0 Å². The third-order valence-electron chi connectivity index (χ3n) is 4.71. The van der Waals surface area contributed by atoms with E-state index in [9.17, 15) is 18.0 Å². The lowest BCUT2D eigenvalue weighted by Crippen LogP contribution is -2.50. The van der Waals surface area contributed by atoms with Crippen LogP contribution in [-0.4, -0.2) is 62.3 Å². The smallest absolute Gasteiger partial charge is 0.238 e. The summed E-state index contributed by atoms with van der Waals surface area (Å²) in [6, 6.07) is 4.02. The van der Waals surface area contributed by atoms with E-state index in [1.165, 1.54) is 0 Å². The molecule has 0 spiro atoms. The van der Waals surface area contributed by atoms with Crippen molar-refractivity contribution >= 4 is 27.3 Å². The number of anilines is 1. The fourth-order valence-electron chi connectivity index (χ4n) is 3.59. The minimum Gasteiger partial charge on any atom is -0.349 e. The number of likely N-dealkylation sites (N-methyl/N-ethyl adjacent to an activating group) is 1. The van der Waals surface area contributed by atoms with Crippen LogP contribution in [-0.2, 0) is 19.4 Å². The second-order valence-electron chi connectivity index (χ2n) is 7.95. The van der Waals surface area contributed by atoms with Gasteiger partial charge in [0.2, 0.25) is 11.8 Å². The Hall–Kier alpha value is -1.93. The van der Waals surface area contributed by atoms with Crippen molar-refractivity contribution in [3.8, 4) is 0 Å². The van der Waals surface area contributed by atoms with Gasteiger partial charge in [-0.15, -0.1) is 0 Å². The number of rotatable bonds is 6. The van der Waals surface area contributed by atoms with Gasteiger partial charge in [-0.1, -0.05) is 17.7 Å². The average molecular weight is 396 g/mol. The van der Waals surface area contributed by atoms with Crippen LogP contribution in [0.3, 0.4) is 0 Å². The molecule has 8 heteroatoms. The van der Waals surface area contributed by atoms with E-state index in [4.69, 9.17) is 0 Å². The Kier molecular flexibility index (Phi) is 6.32. The van der Waals surface area contributed by atoms with Gasteiger partial charge in [-0.2, -0.15) is 0 Å². The highest BCUT2D eigenvalue weighted by atomic mass is 32.2. The largest absolute Gasteiger partial charge is 0.349 e. The number of hydrogen-bond acceptors (Lipinski definition) is 5. The van der Waals surface area contributed by atoms with Crippen molar-refractivity contribution in [2.24, 2.45) is 0 Å². The average Bonchev–Trinajstić information content (AvgIpc) is 2.75. The highest BCUT2D eigenvalue weighted by molar-refractivity contribution is 7.91. The van der Waals surface area contributed by atoms with Gasteiger partial charge in [0, 0.05) is 5.69 Å². The van der Waals surface area contributed by atoms with Crippen molar-refractivity contribution in [3.05, 3.63) is 28.8 Å². The summed E-state index contributed by atoms with van der Waals surface area (Å²) in [4.78, 5) is 26.2. The molecule has 2 rings (SSSR count). The van der Waals surface area contributed by atoms with Gasteiger partial charge in [-0.25, -0.2) is 8.42 Å². The number of nitrogens with zero attached hydrogens (tertiary/aromatic N) is 1. The van der Waals surface area contributed by atoms with Crippen molar-refractivity contribution in [3.63, 3.8) is 0 Å². The molecular weight excluding hydrogens is 366 g/mol. The molecule has 0 unspecified atom stereocenters. The quantitative estimate of drug-likeness (QED) is 0.754. The number of aryl methyl sites for hydroxylation is 3. The lowest BCUT2D eigenvalue weighted by atomic mass is 10.0. The Balaban J connectivity index is 1.87. The Morgan fingerprint density at radius 1 is 1.11 bits per heavy atom. The van der Waals surface area contributed by atoms with Crippen LogP contribution in [0.2, 0.25) is 0 Å². The first-order valence-electron chi connectivity index (χ1n) is 8.97. The molecule has 0 radical (unpaired) electrons. The summed E-state index contributed by atoms with van der Waals surface area (Å²) in [6.45, 7) is 7.73. The van der Waals surface area contributed by atoms with E-state index in [2.05, 4.69) is 10.6 Å². The molecule has 150 valence electrons. The molecule has 0 aromatic heterocycles. The van der Waals surface area contributed by atoms with Gasteiger partial charge in [0.15, 0.2) is 9.84 Å². The SMILES string of the molecule is Cc1cc(C)c(NC(=O)CN(C)CC(=O)N[C@]2(C)CCS(=O)(=O)C2)c(C)c1. The fraction of sp³-hybridized carbons (Fsp3) is 0.579. The van der Waals surface area contributed by atoms with Gasteiger partial charge < -0.3 is 10.6 Å². The number of nitrogens with one attached hydrogen (secondary N) is 2. The zero-order valence-corrected chi connectivity index (χ0v) is 17.5. The van der Waals surface area contributed by atoms with E-state index in [1.54, 1.807) is 18.9 Å². The van der Waals surface area contributed by atoms with Crippen molar-refractivity contribution in [2.45, 2.75) is 39.7 Å². The number of hydrogen-bond donors (Lipinski definition) is 2. The highest BCUT2D eigenvalue weighted by Gasteiger charge is 2.39. The lowest BCUT2D eigenvalue weighted by Gasteiger charge is -2.25. The first kappa shape index (κ1) is 21.4. The first-order valence-corrected chi connectivity index (χ1v) is 10.8. The zero-order chi connectivity index (χ0) is 20.4. The third kappa shape index (κ3) is 6.04. The highest BCUT2D eigenvalue weighted by Crippen LogP contribution is 2.23. The van der Waals surface area contributed by atoms with Crippen LogP contribution in [0.15, 0.2) is 12.1 Å². The van der Waals surface area contributed by atoms with E-state index >= 15 is 0 Å². The summed E-state index contributed by atoms with van der Waals surface area (Å²) in [5.41, 5.74) is 3.20. The molecular formula is C19H29N3O4S. The van der Waals surface area contributed by atoms with E-state index in [0.717, 1.165) is 22.4 Å². The summed E-state index contributed by atoms with van der Waals surface area (Å²) in [7, 11) is -1.40. The molecule has 1 heterocycles. The predicted octanol–water partition coefficient (Wildman–Crippen LogP) is 1.18. The molecule has 2 amide bonds. The predicted molar refractivity (Wildman–Crippen MR) is 107 cm³/mol. The molecule has 1 aliphatic heterocycles. The van der Waals surface area contributed by atoms with Crippen molar-refractivity contribution < 1.29 is 18.0 Å². The normalized spacial score (nSPS) is 21.3. The standard InChI is InChI=1S/C19H29N3O4S/c1-13-8-14(2)18(15(3)9-13)20-16(23)10-22(5)11-17(24)21-19(4)6-7-27(25,26)12-19/h8-9H,6-7,10-12H2,1-5H3,(H,20,23)(H,21,24)/t19-/m1/s1. The van der Waals surface area contributed by atoms with E-state index in [1.807, 2.05) is 32.9 Å². The van der Waals surface area contributed by atoms with Gasteiger partial charge in [-0.3, -0.25) is 14.5 Å². The molecule has 1 saturated heterocycles. The molecule has 27 heavy (non-hydrogen) atoms. The monoisotopic (exact) mass is 395 g/mol. The van der Waals surface area contributed by atoms with Gasteiger partial charge >= 0.3 is 0 Å². The number of benzene rings is 1. The van der Waals surface area contributed by atoms with Crippen LogP contribution in [0, 0.1) is 20.8 Å². The molecule has 1 fully saturated rings. The second kappa shape index (κ2) is 7.98. The van der Waals surface area contributed by atoms with Gasteiger partial charge in [0.25, 0.3) is 0 Å². The summed E-state index contributed by atoms with van der Waals surface area (Å²) in [5, 5.41) is 5.71. The molecule has 1 aromatic rings. The molecule has 1 aromatic carbocycles. The number of carbonyl (C=O) groups is 2. The van der Waals surface area contributed by atoms with Crippen LogP contribution < -0.4 is 10.6 Å². The van der Waals surface area contributed by atoms with Gasteiger partial charge in [0.1, 0.15) is 0 Å². The van der Waals surface area contributed by atoms with Crippen LogP contribution in [0.1, 0.15) is 30.0 Å². The maximum atomic E-state index is 12.3. The maximum Gasteiger partial charge on any atom is 0.238 e. The lowest BCUT2D eigenvalue weighted by molar-refractivity contribution is -0.124. The van der Waals surface area contributed by atoms with E-state index < -0.39 is 15.4 Å². The van der Waals surface area contributed by atoms with Crippen LogP contribution in [0.5, 0.6) is 0 Å². The molecule has 2 N–H and O–H groups in total. The topological polar surface area (TPSA) is 95.6 Å². The minimum atomic E-state index is -3.09. The van der Waals surface area contributed by atoms with Gasteiger partial charge in [-0.05, 0) is 52.3 Å². The Morgan fingerprint density at radius 3 is 2.19 bits per heavy atom. The zero-order valence-electron chi connectivity index (χ0n) is 16.7. The third-order valence-corrected chi connectivity index (χ3v) is 6.62. The Labute approximate surface area is 161 Å². The molecule has 0 saturated carbocycles. The summed E-state index contributed by atoms with van der Waals surface area (Å²) >= 11 is 0. The summed E-state index contributed by atoms with van der Waals surface area (Å²) < 4.78 is 23.3. The van der Waals surface area contributed by atoms with E-state index in [0.29, 0.717) is 6.42 Å². The molecule has 7 nitrogen and oxygen atoms in total. The van der Waals surface area contributed by atoms with Crippen LogP contribution >= 0.6 is 0 Å². The van der Waals surface area contributed by atoms with Crippen molar-refractivity contribution in [1.29, 1.82) is 0 Å². The summed E-state index contributed by atoms with van der Waals surface area (Å²) in [5.74, 6) is -0.429. The number of amides is 2. The Bertz CT molecular complexity index is 828. The molecule has 0 aliphatic carbocycles. The van der Waals surface area contributed by atoms with Crippen LogP contribution in [0.4, 0.5) is 5.69 Å². The molecule has 1 aliphatic rings. The number of carbonyl (C=O) groups excluding carboxylic acids is 2. The van der Waals surface area contributed by atoms with Crippen molar-refractivity contribution in [2.75, 3.05) is 37.0 Å². The van der Waals surface area contributed by atoms with E-state index in [-0.39, 0.29) is 36.4 Å². The van der Waals surface area contributed by atoms with Gasteiger partial charge in [0.05, 0.1) is 30.1 Å². The Morgan fingerprint density at radius 2 is 1.67 bits per heavy atom. The molecule has 0 bridgehead atoms. The second-order valence-corrected chi connectivity index (χ2v) is 10.1. The molecule has 1 atom stereocenters. The maximum absolute atomic E-state index is 12.3. The number of sulfone groups is 1. The van der Waals surface area contributed by atoms with Crippen molar-refractivity contribution in [1.82, 2.24) is 10.2 Å². The minimum absolute atomic E-state index is 0.0227. The fourth-order valence-corrected chi connectivity index (χ4v) is 5.68. The first-order chi connectivity index (χ1) is 12.4.